The number of hydrogen-bond donors (Lipinski definition) is 0. The molecule has 170 valence electrons. The zero-order chi connectivity index (χ0) is 23.9. The molecule has 5 aromatic rings. The maximum atomic E-state index is 13.7. The lowest BCUT2D eigenvalue weighted by Gasteiger charge is -2.24. The highest BCUT2D eigenvalue weighted by molar-refractivity contribution is 6.10. The lowest BCUT2D eigenvalue weighted by molar-refractivity contribution is 0.0970. The van der Waals surface area contributed by atoms with Crippen LogP contribution in [0.15, 0.2) is 106 Å². The number of aryl methyl sites for hydroxylation is 1. The molecule has 1 amide bonds. The van der Waals surface area contributed by atoms with E-state index in [-0.39, 0.29) is 11.2 Å². The first-order chi connectivity index (χ1) is 17.1. The van der Waals surface area contributed by atoms with Crippen LogP contribution < -0.4 is 15.1 Å². The third kappa shape index (κ3) is 3.56. The Morgan fingerprint density at radius 2 is 1.63 bits per heavy atom. The Morgan fingerprint density at radius 3 is 2.46 bits per heavy atom. The first-order valence-electron chi connectivity index (χ1n) is 11.2. The normalized spacial score (nSPS) is 14.8. The minimum atomic E-state index is -0.716. The van der Waals surface area contributed by atoms with Gasteiger partial charge in [-0.15, -0.1) is 0 Å². The molecule has 3 heterocycles. The SMILES string of the molecule is Cc1ccnc(N2C(=O)c3oc4ccccc4c(=O)c3C2c2cccc(Oc3ccccc3)c2)c1. The predicted octanol–water partition coefficient (Wildman–Crippen LogP) is 6.04. The number of pyridine rings is 1. The topological polar surface area (TPSA) is 72.6 Å². The van der Waals surface area contributed by atoms with Crippen LogP contribution >= 0.6 is 0 Å². The Hall–Kier alpha value is -4.71. The molecule has 1 atom stereocenters. The second kappa shape index (κ2) is 8.25. The zero-order valence-corrected chi connectivity index (χ0v) is 18.8. The highest BCUT2D eigenvalue weighted by Gasteiger charge is 2.44. The van der Waals surface area contributed by atoms with E-state index >= 15 is 0 Å². The summed E-state index contributed by atoms with van der Waals surface area (Å²) in [6, 6.07) is 26.8. The first kappa shape index (κ1) is 20.9. The molecule has 0 saturated carbocycles. The number of hydrogen-bond acceptors (Lipinski definition) is 5. The van der Waals surface area contributed by atoms with Gasteiger partial charge in [0.2, 0.25) is 5.76 Å². The molecule has 0 radical (unpaired) electrons. The molecule has 0 N–H and O–H groups in total. The van der Waals surface area contributed by atoms with Crippen molar-refractivity contribution in [1.82, 2.24) is 4.98 Å². The van der Waals surface area contributed by atoms with E-state index in [9.17, 15) is 9.59 Å². The van der Waals surface area contributed by atoms with Crippen LogP contribution in [0.5, 0.6) is 11.5 Å². The maximum Gasteiger partial charge on any atom is 0.296 e. The average Bonchev–Trinajstić information content (AvgIpc) is 3.17. The van der Waals surface area contributed by atoms with Gasteiger partial charge in [0.05, 0.1) is 17.0 Å². The summed E-state index contributed by atoms with van der Waals surface area (Å²) >= 11 is 0. The second-order valence-corrected chi connectivity index (χ2v) is 8.43. The fraction of sp³-hybridized carbons (Fsp3) is 0.0690. The van der Waals surface area contributed by atoms with Crippen molar-refractivity contribution in [3.63, 3.8) is 0 Å². The second-order valence-electron chi connectivity index (χ2n) is 8.43. The summed E-state index contributed by atoms with van der Waals surface area (Å²) in [5, 5.41) is 0.430. The van der Waals surface area contributed by atoms with Gasteiger partial charge < -0.3 is 9.15 Å². The van der Waals surface area contributed by atoms with Crippen molar-refractivity contribution in [2.24, 2.45) is 0 Å². The predicted molar refractivity (Wildman–Crippen MR) is 133 cm³/mol. The lowest BCUT2D eigenvalue weighted by Crippen LogP contribution is -2.30. The van der Waals surface area contributed by atoms with E-state index in [2.05, 4.69) is 4.98 Å². The van der Waals surface area contributed by atoms with Gasteiger partial charge in [-0.3, -0.25) is 14.5 Å². The number of benzene rings is 3. The molecular formula is C29H20N2O4. The number of carbonyl (C=O) groups is 1. The van der Waals surface area contributed by atoms with E-state index in [4.69, 9.17) is 9.15 Å². The van der Waals surface area contributed by atoms with Crippen LogP contribution in [0.3, 0.4) is 0 Å². The standard InChI is InChI=1S/C29H20N2O4/c1-18-14-15-30-24(16-18)31-26(19-8-7-11-21(17-19)34-20-9-3-2-4-10-20)25-27(32)22-12-5-6-13-23(22)35-28(25)29(31)33/h2-17,26H,1H3. The Balaban J connectivity index is 1.56. The van der Waals surface area contributed by atoms with Gasteiger partial charge in [-0.1, -0.05) is 42.5 Å². The van der Waals surface area contributed by atoms with Crippen LogP contribution in [0.25, 0.3) is 11.0 Å². The summed E-state index contributed by atoms with van der Waals surface area (Å²) < 4.78 is 12.0. The molecule has 35 heavy (non-hydrogen) atoms. The van der Waals surface area contributed by atoms with E-state index in [1.165, 1.54) is 4.90 Å². The molecule has 6 heteroatoms. The number of carbonyl (C=O) groups excluding carboxylic acids is 1. The molecule has 2 aromatic heterocycles. The van der Waals surface area contributed by atoms with E-state index in [0.717, 1.165) is 11.1 Å². The van der Waals surface area contributed by atoms with Crippen LogP contribution in [-0.2, 0) is 0 Å². The van der Waals surface area contributed by atoms with Crippen molar-refractivity contribution >= 4 is 22.7 Å². The largest absolute Gasteiger partial charge is 0.457 e. The Morgan fingerprint density at radius 1 is 0.857 bits per heavy atom. The smallest absolute Gasteiger partial charge is 0.296 e. The van der Waals surface area contributed by atoms with Gasteiger partial charge in [0.25, 0.3) is 5.91 Å². The Bertz CT molecular complexity index is 1640. The molecule has 6 nitrogen and oxygen atoms in total. The van der Waals surface area contributed by atoms with Gasteiger partial charge in [-0.2, -0.15) is 0 Å². The highest BCUT2D eigenvalue weighted by atomic mass is 16.5. The number of para-hydroxylation sites is 2. The number of nitrogens with zero attached hydrogens (tertiary/aromatic N) is 2. The van der Waals surface area contributed by atoms with Crippen LogP contribution in [0.2, 0.25) is 0 Å². The summed E-state index contributed by atoms with van der Waals surface area (Å²) in [5.41, 5.74) is 2.11. The quantitative estimate of drug-likeness (QED) is 0.327. The van der Waals surface area contributed by atoms with E-state index in [1.54, 1.807) is 30.5 Å². The number of ether oxygens (including phenoxy) is 1. The lowest BCUT2D eigenvalue weighted by atomic mass is 9.98. The summed E-state index contributed by atoms with van der Waals surface area (Å²) in [6.45, 7) is 1.93. The molecule has 0 fully saturated rings. The molecule has 1 unspecified atom stereocenters. The third-order valence-electron chi connectivity index (χ3n) is 6.08. The van der Waals surface area contributed by atoms with Gasteiger partial charge in [0, 0.05) is 6.20 Å². The highest BCUT2D eigenvalue weighted by Crippen LogP contribution is 2.41. The van der Waals surface area contributed by atoms with Gasteiger partial charge in [0.1, 0.15) is 22.9 Å². The van der Waals surface area contributed by atoms with Gasteiger partial charge in [0.15, 0.2) is 5.43 Å². The summed E-state index contributed by atoms with van der Waals surface area (Å²) in [5.74, 6) is 1.37. The molecule has 3 aromatic carbocycles. The minimum Gasteiger partial charge on any atom is -0.457 e. The van der Waals surface area contributed by atoms with Crippen molar-refractivity contribution in [3.05, 3.63) is 130 Å². The molecule has 1 aliphatic rings. The van der Waals surface area contributed by atoms with Crippen molar-refractivity contribution in [1.29, 1.82) is 0 Å². The molecule has 0 spiro atoms. The summed E-state index contributed by atoms with van der Waals surface area (Å²) in [6.07, 6.45) is 1.65. The summed E-state index contributed by atoms with van der Waals surface area (Å²) in [4.78, 5) is 33.3. The molecule has 6 rings (SSSR count). The van der Waals surface area contributed by atoms with Gasteiger partial charge >= 0.3 is 0 Å². The first-order valence-corrected chi connectivity index (χ1v) is 11.2. The number of fused-ring (bicyclic) bond motifs is 2. The number of aromatic nitrogens is 1. The van der Waals surface area contributed by atoms with E-state index < -0.39 is 11.9 Å². The van der Waals surface area contributed by atoms with E-state index in [0.29, 0.717) is 33.8 Å². The zero-order valence-electron chi connectivity index (χ0n) is 18.8. The molecule has 0 aliphatic carbocycles. The van der Waals surface area contributed by atoms with Crippen molar-refractivity contribution in [2.45, 2.75) is 13.0 Å². The van der Waals surface area contributed by atoms with Crippen molar-refractivity contribution in [3.8, 4) is 11.5 Å². The van der Waals surface area contributed by atoms with Crippen molar-refractivity contribution in [2.75, 3.05) is 4.90 Å². The number of rotatable bonds is 4. The monoisotopic (exact) mass is 460 g/mol. The van der Waals surface area contributed by atoms with Gasteiger partial charge in [-0.05, 0) is 66.6 Å². The fourth-order valence-electron chi connectivity index (χ4n) is 4.50. The third-order valence-corrected chi connectivity index (χ3v) is 6.08. The molecule has 0 saturated heterocycles. The fourth-order valence-corrected chi connectivity index (χ4v) is 4.50. The Labute approximate surface area is 201 Å². The van der Waals surface area contributed by atoms with E-state index in [1.807, 2.05) is 73.7 Å². The Kier molecular flexibility index (Phi) is 4.92. The number of anilines is 1. The van der Waals surface area contributed by atoms with Crippen LogP contribution in [-0.4, -0.2) is 10.9 Å². The van der Waals surface area contributed by atoms with Crippen LogP contribution in [0.1, 0.15) is 33.3 Å². The summed E-state index contributed by atoms with van der Waals surface area (Å²) in [7, 11) is 0. The minimum absolute atomic E-state index is 0.0383. The number of amides is 1. The van der Waals surface area contributed by atoms with Crippen LogP contribution in [0, 0.1) is 6.92 Å². The average molecular weight is 460 g/mol. The maximum absolute atomic E-state index is 13.7. The van der Waals surface area contributed by atoms with Crippen molar-refractivity contribution < 1.29 is 13.9 Å². The molecular weight excluding hydrogens is 440 g/mol. The molecule has 1 aliphatic heterocycles. The molecule has 0 bridgehead atoms. The van der Waals surface area contributed by atoms with Crippen LogP contribution in [0.4, 0.5) is 5.82 Å². The van der Waals surface area contributed by atoms with Gasteiger partial charge in [-0.25, -0.2) is 4.98 Å².